The number of rotatable bonds is 6. The first-order valence-electron chi connectivity index (χ1n) is 5.94. The highest BCUT2D eigenvalue weighted by molar-refractivity contribution is 9.10. The van der Waals surface area contributed by atoms with Crippen LogP contribution in [0.4, 0.5) is 0 Å². The van der Waals surface area contributed by atoms with Gasteiger partial charge in [0.1, 0.15) is 11.8 Å². The molecule has 0 aromatic heterocycles. The van der Waals surface area contributed by atoms with Crippen molar-refractivity contribution in [1.82, 2.24) is 5.32 Å². The number of hydrogen-bond donors (Lipinski definition) is 3. The zero-order chi connectivity index (χ0) is 16.0. The van der Waals surface area contributed by atoms with Crippen molar-refractivity contribution in [3.8, 4) is 5.75 Å². The molecule has 114 valence electrons. The van der Waals surface area contributed by atoms with Gasteiger partial charge in [-0.1, -0.05) is 0 Å². The van der Waals surface area contributed by atoms with Gasteiger partial charge in [0.15, 0.2) is 0 Å². The van der Waals surface area contributed by atoms with Crippen LogP contribution in [0.5, 0.6) is 5.75 Å². The summed E-state index contributed by atoms with van der Waals surface area (Å²) in [5.74, 6) is -2.61. The second-order valence-electron chi connectivity index (χ2n) is 4.15. The molecule has 0 aliphatic rings. The monoisotopic (exact) mass is 359 g/mol. The average Bonchev–Trinajstić information content (AvgIpc) is 2.45. The second kappa shape index (κ2) is 7.63. The van der Waals surface area contributed by atoms with Gasteiger partial charge in [-0.05, 0) is 40.5 Å². The van der Waals surface area contributed by atoms with E-state index in [-0.39, 0.29) is 24.2 Å². The lowest BCUT2D eigenvalue weighted by atomic mass is 10.1. The van der Waals surface area contributed by atoms with Crippen molar-refractivity contribution in [3.63, 3.8) is 0 Å². The van der Waals surface area contributed by atoms with Crippen LogP contribution in [-0.4, -0.2) is 41.2 Å². The van der Waals surface area contributed by atoms with Crippen molar-refractivity contribution in [2.75, 3.05) is 7.11 Å². The minimum Gasteiger partial charge on any atom is -0.507 e. The molecule has 0 saturated heterocycles. The number of carboxylic acid groups (broad SMARTS) is 1. The summed E-state index contributed by atoms with van der Waals surface area (Å²) in [6, 6.07) is 2.88. The zero-order valence-electron chi connectivity index (χ0n) is 11.1. The highest BCUT2D eigenvalue weighted by Crippen LogP contribution is 2.24. The van der Waals surface area contributed by atoms with Crippen molar-refractivity contribution >= 4 is 33.8 Å². The van der Waals surface area contributed by atoms with E-state index >= 15 is 0 Å². The van der Waals surface area contributed by atoms with E-state index in [4.69, 9.17) is 5.11 Å². The molecule has 1 aromatic rings. The highest BCUT2D eigenvalue weighted by atomic mass is 79.9. The van der Waals surface area contributed by atoms with E-state index in [9.17, 15) is 19.5 Å². The van der Waals surface area contributed by atoms with Gasteiger partial charge in [-0.2, -0.15) is 0 Å². The Labute approximate surface area is 129 Å². The standard InChI is InChI=1S/C13H14BrNO6/c1-21-11(17)5-4-9(13(19)20)15-12(18)7-2-3-8(14)10(16)6-7/h2-3,6,9,16H,4-5H2,1H3,(H,15,18)(H,19,20)/t9-/m0/s1. The van der Waals surface area contributed by atoms with E-state index < -0.39 is 23.9 Å². The van der Waals surface area contributed by atoms with Gasteiger partial charge >= 0.3 is 11.9 Å². The molecule has 0 fully saturated rings. The Morgan fingerprint density at radius 2 is 2.05 bits per heavy atom. The lowest BCUT2D eigenvalue weighted by molar-refractivity contribution is -0.142. The number of aromatic hydroxyl groups is 1. The van der Waals surface area contributed by atoms with Crippen LogP contribution in [0.1, 0.15) is 23.2 Å². The number of methoxy groups -OCH3 is 1. The van der Waals surface area contributed by atoms with Crippen LogP contribution in [0, 0.1) is 0 Å². The zero-order valence-corrected chi connectivity index (χ0v) is 12.7. The molecule has 1 amide bonds. The van der Waals surface area contributed by atoms with Crippen LogP contribution >= 0.6 is 15.9 Å². The molecule has 0 aliphatic carbocycles. The number of amides is 1. The molecular weight excluding hydrogens is 346 g/mol. The van der Waals surface area contributed by atoms with E-state index in [1.54, 1.807) is 0 Å². The Bertz CT molecular complexity index is 560. The van der Waals surface area contributed by atoms with Gasteiger partial charge in [-0.25, -0.2) is 4.79 Å². The molecule has 0 unspecified atom stereocenters. The molecule has 0 bridgehead atoms. The van der Waals surface area contributed by atoms with Gasteiger partial charge in [0.2, 0.25) is 0 Å². The lowest BCUT2D eigenvalue weighted by Crippen LogP contribution is -2.41. The Balaban J connectivity index is 2.74. The first-order valence-corrected chi connectivity index (χ1v) is 6.73. The van der Waals surface area contributed by atoms with Crippen LogP contribution in [0.15, 0.2) is 22.7 Å². The molecule has 0 heterocycles. The first-order chi connectivity index (χ1) is 9.85. The van der Waals surface area contributed by atoms with Gasteiger partial charge in [-0.3, -0.25) is 9.59 Å². The maximum Gasteiger partial charge on any atom is 0.326 e. The van der Waals surface area contributed by atoms with Crippen molar-refractivity contribution < 1.29 is 29.3 Å². The number of halogens is 1. The van der Waals surface area contributed by atoms with Gasteiger partial charge in [0, 0.05) is 12.0 Å². The molecular formula is C13H14BrNO6. The number of phenols is 1. The molecule has 21 heavy (non-hydrogen) atoms. The number of carbonyl (C=O) groups excluding carboxylic acids is 2. The van der Waals surface area contributed by atoms with Crippen molar-refractivity contribution in [2.24, 2.45) is 0 Å². The summed E-state index contributed by atoms with van der Waals surface area (Å²) in [4.78, 5) is 34.0. The second-order valence-corrected chi connectivity index (χ2v) is 5.00. The molecule has 1 rings (SSSR count). The number of phenolic OH excluding ortho intramolecular Hbond substituents is 1. The topological polar surface area (TPSA) is 113 Å². The summed E-state index contributed by atoms with van der Waals surface area (Å²) < 4.78 is 4.83. The SMILES string of the molecule is COC(=O)CC[C@H](NC(=O)c1ccc(Br)c(O)c1)C(=O)O. The van der Waals surface area contributed by atoms with Gasteiger partial charge in [0.25, 0.3) is 5.91 Å². The maximum atomic E-state index is 11.9. The minimum atomic E-state index is -1.26. The van der Waals surface area contributed by atoms with Crippen molar-refractivity contribution in [2.45, 2.75) is 18.9 Å². The van der Waals surface area contributed by atoms with Crippen LogP contribution in [-0.2, 0) is 14.3 Å². The lowest BCUT2D eigenvalue weighted by Gasteiger charge is -2.14. The largest absolute Gasteiger partial charge is 0.507 e. The molecule has 7 nitrogen and oxygen atoms in total. The average molecular weight is 360 g/mol. The van der Waals surface area contributed by atoms with E-state index in [2.05, 4.69) is 26.0 Å². The maximum absolute atomic E-state index is 11.9. The number of esters is 1. The smallest absolute Gasteiger partial charge is 0.326 e. The van der Waals surface area contributed by atoms with Crippen LogP contribution in [0.25, 0.3) is 0 Å². The summed E-state index contributed by atoms with van der Waals surface area (Å²) >= 11 is 3.07. The molecule has 1 atom stereocenters. The normalized spacial score (nSPS) is 11.5. The summed E-state index contributed by atoms with van der Waals surface area (Å²) in [5.41, 5.74) is 0.111. The third-order valence-electron chi connectivity index (χ3n) is 2.68. The van der Waals surface area contributed by atoms with E-state index in [1.807, 2.05) is 0 Å². The van der Waals surface area contributed by atoms with Gasteiger partial charge in [-0.15, -0.1) is 0 Å². The molecule has 1 aromatic carbocycles. The van der Waals surface area contributed by atoms with Crippen LogP contribution in [0.2, 0.25) is 0 Å². The highest BCUT2D eigenvalue weighted by Gasteiger charge is 2.22. The number of ether oxygens (including phenoxy) is 1. The Kier molecular flexibility index (Phi) is 6.16. The number of carbonyl (C=O) groups is 3. The van der Waals surface area contributed by atoms with E-state index in [1.165, 1.54) is 25.3 Å². The van der Waals surface area contributed by atoms with Gasteiger partial charge < -0.3 is 20.3 Å². The summed E-state index contributed by atoms with van der Waals surface area (Å²) in [7, 11) is 1.20. The fourth-order valence-electron chi connectivity index (χ4n) is 1.52. The molecule has 3 N–H and O–H groups in total. The van der Waals surface area contributed by atoms with Crippen LogP contribution in [0.3, 0.4) is 0 Å². The van der Waals surface area contributed by atoms with Crippen molar-refractivity contribution in [1.29, 1.82) is 0 Å². The molecule has 0 radical (unpaired) electrons. The van der Waals surface area contributed by atoms with Crippen molar-refractivity contribution in [3.05, 3.63) is 28.2 Å². The number of nitrogens with one attached hydrogen (secondary N) is 1. The minimum absolute atomic E-state index is 0.0870. The first kappa shape index (κ1) is 17.0. The molecule has 0 spiro atoms. The Hall–Kier alpha value is -2.09. The Morgan fingerprint density at radius 1 is 1.38 bits per heavy atom. The predicted octanol–water partition coefficient (Wildman–Crippen LogP) is 1.29. The molecule has 0 aliphatic heterocycles. The third kappa shape index (κ3) is 5.07. The number of carboxylic acids is 1. The fraction of sp³-hybridized carbons (Fsp3) is 0.308. The summed E-state index contributed by atoms with van der Waals surface area (Å²) in [6.45, 7) is 0. The number of hydrogen-bond acceptors (Lipinski definition) is 5. The number of benzene rings is 1. The third-order valence-corrected chi connectivity index (χ3v) is 3.35. The Morgan fingerprint density at radius 3 is 2.57 bits per heavy atom. The summed E-state index contributed by atoms with van der Waals surface area (Å²) in [6.07, 6.45) is -0.213. The molecule has 0 saturated carbocycles. The van der Waals surface area contributed by atoms with E-state index in [0.29, 0.717) is 4.47 Å². The number of aliphatic carboxylic acids is 1. The van der Waals surface area contributed by atoms with Gasteiger partial charge in [0.05, 0.1) is 11.6 Å². The van der Waals surface area contributed by atoms with E-state index in [0.717, 1.165) is 0 Å². The van der Waals surface area contributed by atoms with Crippen LogP contribution < -0.4 is 5.32 Å². The predicted molar refractivity (Wildman–Crippen MR) is 75.9 cm³/mol. The fourth-order valence-corrected chi connectivity index (χ4v) is 1.76. The summed E-state index contributed by atoms with van der Waals surface area (Å²) in [5, 5.41) is 20.8. The quantitative estimate of drug-likeness (QED) is 0.659. The molecule has 8 heteroatoms.